The number of methoxy groups -OCH3 is 2. The first-order chi connectivity index (χ1) is 23.6. The van der Waals surface area contributed by atoms with E-state index in [-0.39, 0.29) is 22.6 Å². The Bertz CT molecular complexity index is 2300. The summed E-state index contributed by atoms with van der Waals surface area (Å²) in [6, 6.07) is 19.6. The average Bonchev–Trinajstić information content (AvgIpc) is 3.65. The summed E-state index contributed by atoms with van der Waals surface area (Å²) in [6.45, 7) is 7.47. The van der Waals surface area contributed by atoms with Gasteiger partial charge in [0.2, 0.25) is 0 Å². The zero-order valence-corrected chi connectivity index (χ0v) is 28.7. The predicted octanol–water partition coefficient (Wildman–Crippen LogP) is 4.90. The third-order valence-electron chi connectivity index (χ3n) is 7.98. The molecule has 0 fully saturated rings. The summed E-state index contributed by atoms with van der Waals surface area (Å²) in [4.78, 5) is 44.4. The van der Waals surface area contributed by atoms with Gasteiger partial charge in [0.25, 0.3) is 5.56 Å². The van der Waals surface area contributed by atoms with Crippen molar-refractivity contribution in [3.8, 4) is 34.2 Å². The molecule has 11 nitrogen and oxygen atoms in total. The highest BCUT2D eigenvalue weighted by atomic mass is 32.1. The van der Waals surface area contributed by atoms with Crippen LogP contribution in [-0.4, -0.2) is 47.1 Å². The molecule has 3 heterocycles. The minimum absolute atomic E-state index is 0.200. The molecule has 0 radical (unpaired) electrons. The lowest BCUT2D eigenvalue weighted by atomic mass is 9.95. The number of aromatic nitrogens is 3. The molecule has 1 aliphatic rings. The van der Waals surface area contributed by atoms with Crippen LogP contribution in [0.5, 0.6) is 17.2 Å². The van der Waals surface area contributed by atoms with Gasteiger partial charge in [-0.25, -0.2) is 14.5 Å². The van der Waals surface area contributed by atoms with E-state index in [1.165, 1.54) is 37.0 Å². The number of benzene rings is 3. The number of thiazole rings is 1. The highest BCUT2D eigenvalue weighted by molar-refractivity contribution is 7.07. The maximum Gasteiger partial charge on any atom is 0.338 e. The number of allylic oxidation sites excluding steroid dienone is 1. The second-order valence-electron chi connectivity index (χ2n) is 11.2. The van der Waals surface area contributed by atoms with Crippen molar-refractivity contribution in [2.75, 3.05) is 20.8 Å². The van der Waals surface area contributed by atoms with Gasteiger partial charge in [-0.1, -0.05) is 35.6 Å². The van der Waals surface area contributed by atoms with E-state index in [4.69, 9.17) is 24.0 Å². The van der Waals surface area contributed by atoms with E-state index in [1.54, 1.807) is 35.9 Å². The van der Waals surface area contributed by atoms with Gasteiger partial charge >= 0.3 is 11.9 Å². The Morgan fingerprint density at radius 2 is 1.73 bits per heavy atom. The Morgan fingerprint density at radius 1 is 0.980 bits per heavy atom. The first kappa shape index (κ1) is 33.2. The van der Waals surface area contributed by atoms with Crippen molar-refractivity contribution >= 4 is 29.4 Å². The fourth-order valence-corrected chi connectivity index (χ4v) is 6.82. The molecule has 1 atom stereocenters. The van der Waals surface area contributed by atoms with Crippen molar-refractivity contribution in [1.29, 1.82) is 0 Å². The van der Waals surface area contributed by atoms with Crippen LogP contribution in [0.3, 0.4) is 0 Å². The molecule has 2 aromatic heterocycles. The number of hydrogen-bond acceptors (Lipinski definition) is 10. The molecule has 250 valence electrons. The van der Waals surface area contributed by atoms with Crippen LogP contribution in [0.25, 0.3) is 23.0 Å². The van der Waals surface area contributed by atoms with Gasteiger partial charge in [-0.05, 0) is 80.4 Å². The third-order valence-corrected chi connectivity index (χ3v) is 8.97. The predicted molar refractivity (Wildman–Crippen MR) is 185 cm³/mol. The molecule has 0 spiro atoms. The summed E-state index contributed by atoms with van der Waals surface area (Å²) < 4.78 is 25.4. The first-order valence-electron chi connectivity index (χ1n) is 15.5. The lowest BCUT2D eigenvalue weighted by Gasteiger charge is -2.25. The molecule has 0 aliphatic carbocycles. The van der Waals surface area contributed by atoms with Gasteiger partial charge in [0.1, 0.15) is 11.4 Å². The molecular formula is C37H34N4O7S. The number of nitrogens with zero attached hydrogens (tertiary/aromatic N) is 4. The van der Waals surface area contributed by atoms with Gasteiger partial charge in [-0.2, -0.15) is 5.10 Å². The molecule has 6 rings (SSSR count). The van der Waals surface area contributed by atoms with E-state index in [0.717, 1.165) is 22.6 Å². The minimum Gasteiger partial charge on any atom is -0.494 e. The maximum atomic E-state index is 14.4. The van der Waals surface area contributed by atoms with Gasteiger partial charge in [0.15, 0.2) is 16.3 Å². The third kappa shape index (κ3) is 6.42. The highest BCUT2D eigenvalue weighted by Crippen LogP contribution is 2.36. The SMILES string of the molecule is CCOc1ccc(-c2nn(-c3ccccc3)cc2C=c2sc3n(c2=O)C(c2ccc(OC(C)=O)c(OC)c2)C(C(=O)OC)=C(C)N=3)cc1C. The molecule has 3 aromatic carbocycles. The number of esters is 2. The maximum absolute atomic E-state index is 14.4. The number of fused-ring (bicyclic) bond motifs is 1. The summed E-state index contributed by atoms with van der Waals surface area (Å²) in [7, 11) is 2.72. The molecule has 1 aliphatic heterocycles. The molecule has 12 heteroatoms. The second kappa shape index (κ2) is 13.8. The minimum atomic E-state index is -0.897. The second-order valence-corrected chi connectivity index (χ2v) is 12.2. The summed E-state index contributed by atoms with van der Waals surface area (Å²) in [6.07, 6.45) is 3.69. The van der Waals surface area contributed by atoms with Crippen LogP contribution < -0.4 is 29.1 Å². The molecule has 0 bridgehead atoms. The van der Waals surface area contributed by atoms with Crippen molar-refractivity contribution in [2.45, 2.75) is 33.7 Å². The summed E-state index contributed by atoms with van der Waals surface area (Å²) in [5, 5.41) is 4.94. The monoisotopic (exact) mass is 678 g/mol. The Kier molecular flexibility index (Phi) is 9.32. The Labute approximate surface area is 286 Å². The number of carbonyl (C=O) groups excluding carboxylic acids is 2. The van der Waals surface area contributed by atoms with Crippen molar-refractivity contribution < 1.29 is 28.5 Å². The summed E-state index contributed by atoms with van der Waals surface area (Å²) >= 11 is 1.21. The number of para-hydroxylation sites is 1. The van der Waals surface area contributed by atoms with Crippen molar-refractivity contribution in [1.82, 2.24) is 14.3 Å². The van der Waals surface area contributed by atoms with Crippen LogP contribution in [-0.2, 0) is 14.3 Å². The van der Waals surface area contributed by atoms with Crippen molar-refractivity contribution in [2.24, 2.45) is 4.99 Å². The van der Waals surface area contributed by atoms with Crippen LogP contribution in [0.1, 0.15) is 43.5 Å². The smallest absolute Gasteiger partial charge is 0.338 e. The van der Waals surface area contributed by atoms with Gasteiger partial charge < -0.3 is 18.9 Å². The lowest BCUT2D eigenvalue weighted by molar-refractivity contribution is -0.136. The topological polar surface area (TPSA) is 123 Å². The fourth-order valence-electron chi connectivity index (χ4n) is 5.79. The molecule has 0 N–H and O–H groups in total. The number of hydrogen-bond donors (Lipinski definition) is 0. The molecule has 5 aromatic rings. The molecule has 0 amide bonds. The quantitative estimate of drug-likeness (QED) is 0.159. The van der Waals surface area contributed by atoms with Crippen LogP contribution in [0.15, 0.2) is 94.0 Å². The van der Waals surface area contributed by atoms with Gasteiger partial charge in [-0.3, -0.25) is 14.2 Å². The van der Waals surface area contributed by atoms with E-state index in [1.807, 2.05) is 68.6 Å². The highest BCUT2D eigenvalue weighted by Gasteiger charge is 2.34. The molecule has 0 saturated carbocycles. The van der Waals surface area contributed by atoms with Crippen molar-refractivity contribution in [3.05, 3.63) is 121 Å². The first-order valence-corrected chi connectivity index (χ1v) is 16.3. The van der Waals surface area contributed by atoms with Crippen LogP contribution in [0.4, 0.5) is 0 Å². The Morgan fingerprint density at radius 3 is 2.41 bits per heavy atom. The van der Waals surface area contributed by atoms with Crippen LogP contribution in [0, 0.1) is 6.92 Å². The van der Waals surface area contributed by atoms with E-state index < -0.39 is 18.0 Å². The normalized spacial score (nSPS) is 14.2. The van der Waals surface area contributed by atoms with Gasteiger partial charge in [-0.15, -0.1) is 0 Å². The van der Waals surface area contributed by atoms with E-state index in [2.05, 4.69) is 4.99 Å². The number of ether oxygens (including phenoxy) is 4. The average molecular weight is 679 g/mol. The molecule has 49 heavy (non-hydrogen) atoms. The summed E-state index contributed by atoms with van der Waals surface area (Å²) in [5.74, 6) is 0.121. The fraction of sp³-hybridized carbons (Fsp3) is 0.216. The lowest BCUT2D eigenvalue weighted by Crippen LogP contribution is -2.39. The van der Waals surface area contributed by atoms with Crippen molar-refractivity contribution in [3.63, 3.8) is 0 Å². The standard InChI is InChI=1S/C37H34N4O7S/c1-7-47-28-15-13-24(17-21(28)2)33-26(20-40(39-33)27-11-9-8-10-12-27)19-31-35(43)41-34(32(36(44)46-6)22(3)38-37(41)49-31)25-14-16-29(48-23(4)42)30(18-25)45-5/h8-20,34H,7H2,1-6H3. The van der Waals surface area contributed by atoms with Gasteiger partial charge in [0.05, 0.1) is 48.4 Å². The Balaban J connectivity index is 1.55. The zero-order valence-electron chi connectivity index (χ0n) is 27.8. The molecule has 1 unspecified atom stereocenters. The van der Waals surface area contributed by atoms with E-state index in [9.17, 15) is 14.4 Å². The molecular weight excluding hydrogens is 644 g/mol. The van der Waals surface area contributed by atoms with Gasteiger partial charge in [0, 0.05) is 24.2 Å². The largest absolute Gasteiger partial charge is 0.494 e. The zero-order chi connectivity index (χ0) is 34.8. The van der Waals surface area contributed by atoms with Crippen LogP contribution >= 0.6 is 11.3 Å². The number of aryl methyl sites for hydroxylation is 1. The number of carbonyl (C=O) groups is 2. The van der Waals surface area contributed by atoms with E-state index in [0.29, 0.717) is 38.5 Å². The summed E-state index contributed by atoms with van der Waals surface area (Å²) in [5.41, 5.74) is 4.86. The van der Waals surface area contributed by atoms with Crippen LogP contribution in [0.2, 0.25) is 0 Å². The molecule has 0 saturated heterocycles. The van der Waals surface area contributed by atoms with E-state index >= 15 is 0 Å². The number of rotatable bonds is 9. The Hall–Kier alpha value is -5.75.